The summed E-state index contributed by atoms with van der Waals surface area (Å²) in [6, 6.07) is 0. The molecule has 0 atom stereocenters. The standard InChI is InChI=1S/C13H13ClF3N3O2/c1-2-22-9(21)6-7(19-10(14)20-8(6)18)11-3-12(4-11,5-11)13(15,16)17/h2-5H2,1H3,(H2,18,19,20). The van der Waals surface area contributed by atoms with Gasteiger partial charge in [-0.25, -0.2) is 14.8 Å². The number of carbonyl (C=O) groups excluding carboxylic acids is 1. The number of carbonyl (C=O) groups is 1. The average molecular weight is 336 g/mol. The first-order valence-corrected chi connectivity index (χ1v) is 7.09. The van der Waals surface area contributed by atoms with Gasteiger partial charge in [0.15, 0.2) is 0 Å². The van der Waals surface area contributed by atoms with Gasteiger partial charge in [-0.05, 0) is 37.8 Å². The summed E-state index contributed by atoms with van der Waals surface area (Å²) >= 11 is 5.76. The fraction of sp³-hybridized carbons (Fsp3) is 0.615. The number of hydrogen-bond donors (Lipinski definition) is 1. The third kappa shape index (κ3) is 1.89. The quantitative estimate of drug-likeness (QED) is 0.679. The lowest BCUT2D eigenvalue weighted by atomic mass is 9.33. The number of nitrogen functional groups attached to an aromatic ring is 1. The van der Waals surface area contributed by atoms with Crippen LogP contribution in [-0.2, 0) is 10.2 Å². The Balaban J connectivity index is 1.98. The number of nitrogens with zero attached hydrogens (tertiary/aromatic N) is 2. The highest BCUT2D eigenvalue weighted by Gasteiger charge is 2.79. The highest BCUT2D eigenvalue weighted by atomic mass is 35.5. The van der Waals surface area contributed by atoms with Crippen molar-refractivity contribution >= 4 is 23.4 Å². The molecular weight excluding hydrogens is 323 g/mol. The second kappa shape index (κ2) is 4.47. The number of nitrogens with two attached hydrogens (primary N) is 1. The molecule has 9 heteroatoms. The molecule has 120 valence electrons. The molecule has 3 aliphatic carbocycles. The van der Waals surface area contributed by atoms with Crippen molar-refractivity contribution in [2.75, 3.05) is 12.3 Å². The van der Waals surface area contributed by atoms with E-state index in [4.69, 9.17) is 22.1 Å². The van der Waals surface area contributed by atoms with Crippen molar-refractivity contribution < 1.29 is 22.7 Å². The predicted octanol–water partition coefficient (Wildman–Crippen LogP) is 2.87. The van der Waals surface area contributed by atoms with Gasteiger partial charge in [0, 0.05) is 5.41 Å². The number of rotatable bonds is 3. The summed E-state index contributed by atoms with van der Waals surface area (Å²) in [5.74, 6) is -0.906. The molecule has 0 saturated heterocycles. The smallest absolute Gasteiger partial charge is 0.394 e. The van der Waals surface area contributed by atoms with E-state index >= 15 is 0 Å². The Morgan fingerprint density at radius 1 is 1.36 bits per heavy atom. The molecule has 5 nitrogen and oxygen atoms in total. The van der Waals surface area contributed by atoms with Crippen LogP contribution in [0.15, 0.2) is 0 Å². The molecule has 1 aromatic heterocycles. The maximum Gasteiger partial charge on any atom is 0.394 e. The predicted molar refractivity (Wildman–Crippen MR) is 71.4 cm³/mol. The molecule has 1 heterocycles. The van der Waals surface area contributed by atoms with Crippen molar-refractivity contribution in [3.8, 4) is 0 Å². The van der Waals surface area contributed by atoms with Gasteiger partial charge in [0.2, 0.25) is 5.28 Å². The van der Waals surface area contributed by atoms with Crippen LogP contribution in [0.1, 0.15) is 42.2 Å². The van der Waals surface area contributed by atoms with E-state index in [1.807, 2.05) is 0 Å². The van der Waals surface area contributed by atoms with Gasteiger partial charge in [0.1, 0.15) is 11.4 Å². The molecule has 3 saturated carbocycles. The Labute approximate surface area is 129 Å². The zero-order valence-electron chi connectivity index (χ0n) is 11.6. The van der Waals surface area contributed by atoms with Crippen LogP contribution in [0.25, 0.3) is 0 Å². The maximum atomic E-state index is 13.0. The molecule has 1 aromatic rings. The van der Waals surface area contributed by atoms with Crippen LogP contribution >= 0.6 is 11.6 Å². The van der Waals surface area contributed by atoms with Crippen molar-refractivity contribution in [3.63, 3.8) is 0 Å². The second-order valence-electron chi connectivity index (χ2n) is 5.91. The zero-order chi connectivity index (χ0) is 16.3. The molecule has 0 aliphatic heterocycles. The summed E-state index contributed by atoms with van der Waals surface area (Å²) in [5, 5.41) is -0.189. The van der Waals surface area contributed by atoms with Gasteiger partial charge in [-0.15, -0.1) is 0 Å². The van der Waals surface area contributed by atoms with Gasteiger partial charge in [0.05, 0.1) is 17.7 Å². The van der Waals surface area contributed by atoms with Gasteiger partial charge in [0.25, 0.3) is 0 Å². The lowest BCUT2D eigenvalue weighted by Crippen LogP contribution is -2.71. The van der Waals surface area contributed by atoms with Crippen molar-refractivity contribution in [2.45, 2.75) is 37.8 Å². The largest absolute Gasteiger partial charge is 0.462 e. The molecule has 0 aromatic carbocycles. The van der Waals surface area contributed by atoms with Crippen LogP contribution in [0.5, 0.6) is 0 Å². The minimum atomic E-state index is -4.25. The van der Waals surface area contributed by atoms with Crippen LogP contribution in [0.4, 0.5) is 19.0 Å². The topological polar surface area (TPSA) is 78.1 Å². The van der Waals surface area contributed by atoms with Crippen LogP contribution in [-0.4, -0.2) is 28.7 Å². The summed E-state index contributed by atoms with van der Waals surface area (Å²) in [7, 11) is 0. The van der Waals surface area contributed by atoms with Gasteiger partial charge in [-0.1, -0.05) is 0 Å². The molecule has 4 rings (SSSR count). The fourth-order valence-corrected chi connectivity index (χ4v) is 3.75. The summed E-state index contributed by atoms with van der Waals surface area (Å²) in [6.07, 6.45) is -4.57. The fourth-order valence-electron chi connectivity index (χ4n) is 3.58. The number of aromatic nitrogens is 2. The number of anilines is 1. The van der Waals surface area contributed by atoms with E-state index in [9.17, 15) is 18.0 Å². The SMILES string of the molecule is CCOC(=O)c1c(N)nc(Cl)nc1C12CC(C(F)(F)F)(C1)C2. The minimum absolute atomic E-state index is 0.0678. The van der Waals surface area contributed by atoms with Crippen LogP contribution in [0.2, 0.25) is 5.28 Å². The molecule has 3 aliphatic rings. The number of ether oxygens (including phenoxy) is 1. The average Bonchev–Trinajstić information content (AvgIpc) is 2.21. The normalized spacial score (nSPS) is 29.5. The molecule has 2 N–H and O–H groups in total. The molecule has 22 heavy (non-hydrogen) atoms. The van der Waals surface area contributed by atoms with Crippen LogP contribution in [0, 0.1) is 5.41 Å². The van der Waals surface area contributed by atoms with Crippen molar-refractivity contribution in [1.82, 2.24) is 9.97 Å². The van der Waals surface area contributed by atoms with Crippen molar-refractivity contribution in [1.29, 1.82) is 0 Å². The molecular formula is C13H13ClF3N3O2. The summed E-state index contributed by atoms with van der Waals surface area (Å²) in [4.78, 5) is 19.7. The molecule has 0 spiro atoms. The molecule has 2 bridgehead atoms. The lowest BCUT2D eigenvalue weighted by Gasteiger charge is -2.70. The van der Waals surface area contributed by atoms with Crippen LogP contribution < -0.4 is 5.73 Å². The second-order valence-corrected chi connectivity index (χ2v) is 6.25. The highest BCUT2D eigenvalue weighted by Crippen LogP contribution is 2.78. The summed E-state index contributed by atoms with van der Waals surface area (Å²) in [6.45, 7) is 1.73. The highest BCUT2D eigenvalue weighted by molar-refractivity contribution is 6.28. The summed E-state index contributed by atoms with van der Waals surface area (Å²) < 4.78 is 43.8. The number of halogens is 4. The Morgan fingerprint density at radius 2 is 1.95 bits per heavy atom. The Hall–Kier alpha value is -1.57. The molecule has 0 radical (unpaired) electrons. The van der Waals surface area contributed by atoms with E-state index in [0.717, 1.165) is 0 Å². The van der Waals surface area contributed by atoms with E-state index in [1.165, 1.54) is 0 Å². The number of hydrogen-bond acceptors (Lipinski definition) is 5. The first-order valence-electron chi connectivity index (χ1n) is 6.71. The van der Waals surface area contributed by atoms with Crippen molar-refractivity contribution in [2.24, 2.45) is 5.41 Å². The lowest BCUT2D eigenvalue weighted by molar-refractivity contribution is -0.337. The third-order valence-corrected chi connectivity index (χ3v) is 4.69. The summed E-state index contributed by atoms with van der Waals surface area (Å²) in [5.41, 5.74) is 3.35. The van der Waals surface area contributed by atoms with Crippen molar-refractivity contribution in [3.05, 3.63) is 16.5 Å². The Morgan fingerprint density at radius 3 is 2.45 bits per heavy atom. The first kappa shape index (κ1) is 15.3. The zero-order valence-corrected chi connectivity index (χ0v) is 12.4. The monoisotopic (exact) mass is 335 g/mol. The van der Waals surface area contributed by atoms with E-state index < -0.39 is 23.0 Å². The number of alkyl halides is 3. The van der Waals surface area contributed by atoms with Crippen LogP contribution in [0.3, 0.4) is 0 Å². The first-order chi connectivity index (χ1) is 10.1. The Kier molecular flexibility index (Phi) is 3.11. The molecule has 3 fully saturated rings. The van der Waals surface area contributed by atoms with E-state index in [1.54, 1.807) is 6.92 Å². The molecule has 0 unspecified atom stereocenters. The van der Waals surface area contributed by atoms with Gasteiger partial charge in [-0.3, -0.25) is 0 Å². The molecule has 0 amide bonds. The van der Waals surface area contributed by atoms with Gasteiger partial charge >= 0.3 is 12.1 Å². The van der Waals surface area contributed by atoms with Gasteiger partial charge < -0.3 is 10.5 Å². The van der Waals surface area contributed by atoms with E-state index in [2.05, 4.69) is 9.97 Å². The van der Waals surface area contributed by atoms with Gasteiger partial charge in [-0.2, -0.15) is 13.2 Å². The van der Waals surface area contributed by atoms with E-state index in [-0.39, 0.29) is 48.2 Å². The number of esters is 1. The third-order valence-electron chi connectivity index (χ3n) is 4.52. The van der Waals surface area contributed by atoms with E-state index in [0.29, 0.717) is 0 Å². The minimum Gasteiger partial charge on any atom is -0.462 e. The maximum absolute atomic E-state index is 13.0. The Bertz CT molecular complexity index is 643.